The number of aryl methyl sites for hydroxylation is 1. The molecule has 1 aromatic heterocycles. The maximum absolute atomic E-state index is 11.7. The quantitative estimate of drug-likeness (QED) is 0.178. The second-order valence-corrected chi connectivity index (χ2v) is 10.2. The number of carbonyl (C=O) groups is 1. The second-order valence-electron chi connectivity index (χ2n) is 9.18. The smallest absolute Gasteiger partial charge is 0.349 e. The number of rotatable bonds is 11. The summed E-state index contributed by atoms with van der Waals surface area (Å²) in [6.45, 7) is 4.64. The molecular weight excluding hydrogens is 555 g/mol. The largest absolute Gasteiger partial charge is 0.478 e. The first kappa shape index (κ1) is 29.7. The number of hydrogen-bond acceptors (Lipinski definition) is 3. The molecule has 1 unspecified atom stereocenters. The minimum Gasteiger partial charge on any atom is -0.478 e. The van der Waals surface area contributed by atoms with Crippen molar-refractivity contribution in [1.82, 2.24) is 9.55 Å². The molecule has 1 N–H and O–H groups in total. The Morgan fingerprint density at radius 2 is 1.61 bits per heavy atom. The van der Waals surface area contributed by atoms with E-state index in [0.717, 1.165) is 34.8 Å². The SMILES string of the molecule is CCn1cc(/C=C/C=C(Cl)\C=C(/C)Cl)nc1/C=C/c1ccc(-c2ccc(OC(C(=O)O)c3ccccc3)cc2)cc1. The Bertz CT molecular complexity index is 1580. The van der Waals surface area contributed by atoms with Crippen LogP contribution in [0.4, 0.5) is 0 Å². The zero-order valence-electron chi connectivity index (χ0n) is 22.7. The molecule has 208 valence electrons. The van der Waals surface area contributed by atoms with Gasteiger partial charge < -0.3 is 14.4 Å². The maximum atomic E-state index is 11.7. The van der Waals surface area contributed by atoms with Crippen LogP contribution in [0.5, 0.6) is 5.75 Å². The van der Waals surface area contributed by atoms with E-state index in [1.165, 1.54) is 0 Å². The molecule has 1 atom stereocenters. The summed E-state index contributed by atoms with van der Waals surface area (Å²) in [4.78, 5) is 16.5. The van der Waals surface area contributed by atoms with Crippen LogP contribution in [-0.4, -0.2) is 20.6 Å². The Hall–Kier alpha value is -4.32. The first-order valence-corrected chi connectivity index (χ1v) is 13.9. The molecular formula is C34H30Cl2N2O3. The Labute approximate surface area is 250 Å². The number of halogens is 2. The minimum absolute atomic E-state index is 0.492. The minimum atomic E-state index is -1.07. The van der Waals surface area contributed by atoms with Crippen molar-refractivity contribution in [3.05, 3.63) is 136 Å². The first-order chi connectivity index (χ1) is 19.8. The van der Waals surface area contributed by atoms with E-state index in [-0.39, 0.29) is 0 Å². The van der Waals surface area contributed by atoms with Crippen molar-refractivity contribution in [2.24, 2.45) is 0 Å². The number of carboxylic acid groups (broad SMARTS) is 1. The fraction of sp³-hybridized carbons (Fsp3) is 0.118. The number of aromatic nitrogens is 2. The molecule has 41 heavy (non-hydrogen) atoms. The number of imidazole rings is 1. The number of benzene rings is 3. The Morgan fingerprint density at radius 3 is 2.22 bits per heavy atom. The Morgan fingerprint density at radius 1 is 0.951 bits per heavy atom. The molecule has 4 rings (SSSR count). The van der Waals surface area contributed by atoms with Gasteiger partial charge in [0, 0.05) is 28.4 Å². The van der Waals surface area contributed by atoms with E-state index < -0.39 is 12.1 Å². The molecule has 0 aliphatic heterocycles. The number of hydrogen-bond donors (Lipinski definition) is 1. The van der Waals surface area contributed by atoms with E-state index in [9.17, 15) is 9.90 Å². The third kappa shape index (κ3) is 8.58. The summed E-state index contributed by atoms with van der Waals surface area (Å²) in [6, 6.07) is 24.5. The van der Waals surface area contributed by atoms with E-state index in [4.69, 9.17) is 32.9 Å². The Kier molecular flexibility index (Phi) is 10.4. The molecule has 0 radical (unpaired) electrons. The molecule has 7 heteroatoms. The lowest BCUT2D eigenvalue weighted by atomic mass is 10.0. The topological polar surface area (TPSA) is 64.4 Å². The van der Waals surface area contributed by atoms with Crippen LogP contribution in [0, 0.1) is 0 Å². The Balaban J connectivity index is 1.42. The lowest BCUT2D eigenvalue weighted by Crippen LogP contribution is -2.18. The molecule has 0 fully saturated rings. The van der Waals surface area contributed by atoms with Gasteiger partial charge in [-0.05, 0) is 67.0 Å². The second kappa shape index (κ2) is 14.4. The fourth-order valence-electron chi connectivity index (χ4n) is 4.10. The van der Waals surface area contributed by atoms with Gasteiger partial charge in [-0.2, -0.15) is 0 Å². The lowest BCUT2D eigenvalue weighted by Gasteiger charge is -2.15. The van der Waals surface area contributed by atoms with E-state index >= 15 is 0 Å². The normalized spacial score (nSPS) is 13.2. The van der Waals surface area contributed by atoms with Crippen molar-refractivity contribution < 1.29 is 14.6 Å². The lowest BCUT2D eigenvalue weighted by molar-refractivity contribution is -0.145. The van der Waals surface area contributed by atoms with Crippen molar-refractivity contribution >= 4 is 47.4 Å². The van der Waals surface area contributed by atoms with Crippen LogP contribution in [0.15, 0.2) is 113 Å². The molecule has 3 aromatic carbocycles. The van der Waals surface area contributed by atoms with Gasteiger partial charge >= 0.3 is 5.97 Å². The molecule has 4 aromatic rings. The van der Waals surface area contributed by atoms with E-state index in [1.807, 2.05) is 73.0 Å². The van der Waals surface area contributed by atoms with Crippen LogP contribution in [0.2, 0.25) is 0 Å². The highest BCUT2D eigenvalue weighted by molar-refractivity contribution is 6.34. The number of aliphatic carboxylic acids is 1. The predicted octanol–water partition coefficient (Wildman–Crippen LogP) is 9.22. The molecule has 0 spiro atoms. The van der Waals surface area contributed by atoms with Gasteiger partial charge in [0.15, 0.2) is 0 Å². The molecule has 0 bridgehead atoms. The van der Waals surface area contributed by atoms with Gasteiger partial charge in [-0.15, -0.1) is 0 Å². The van der Waals surface area contributed by atoms with Crippen molar-refractivity contribution in [3.8, 4) is 16.9 Å². The average molecular weight is 586 g/mol. The highest BCUT2D eigenvalue weighted by Gasteiger charge is 2.21. The molecule has 5 nitrogen and oxygen atoms in total. The van der Waals surface area contributed by atoms with Crippen molar-refractivity contribution in [2.75, 3.05) is 0 Å². The van der Waals surface area contributed by atoms with Crippen LogP contribution in [0.25, 0.3) is 29.4 Å². The molecule has 1 heterocycles. The van der Waals surface area contributed by atoms with Gasteiger partial charge in [-0.1, -0.05) is 102 Å². The van der Waals surface area contributed by atoms with Gasteiger partial charge in [0.1, 0.15) is 11.6 Å². The number of allylic oxidation sites excluding steroid dienone is 5. The molecule has 0 saturated heterocycles. The predicted molar refractivity (Wildman–Crippen MR) is 169 cm³/mol. The number of carboxylic acids is 1. The summed E-state index contributed by atoms with van der Waals surface area (Å²) in [5, 5.41) is 10.8. The van der Waals surface area contributed by atoms with Crippen LogP contribution in [-0.2, 0) is 11.3 Å². The third-order valence-electron chi connectivity index (χ3n) is 6.13. The van der Waals surface area contributed by atoms with Crippen molar-refractivity contribution in [3.63, 3.8) is 0 Å². The fourth-order valence-corrected chi connectivity index (χ4v) is 4.51. The average Bonchev–Trinajstić information content (AvgIpc) is 3.37. The van der Waals surface area contributed by atoms with Crippen molar-refractivity contribution in [2.45, 2.75) is 26.5 Å². The molecule has 0 amide bonds. The highest BCUT2D eigenvalue weighted by Crippen LogP contribution is 2.27. The van der Waals surface area contributed by atoms with Gasteiger partial charge in [0.25, 0.3) is 0 Å². The molecule has 0 aliphatic rings. The van der Waals surface area contributed by atoms with E-state index in [2.05, 4.69) is 11.5 Å². The number of ether oxygens (including phenoxy) is 1. The van der Waals surface area contributed by atoms with Gasteiger partial charge in [-0.25, -0.2) is 9.78 Å². The summed E-state index contributed by atoms with van der Waals surface area (Å²) < 4.78 is 7.85. The van der Waals surface area contributed by atoms with Crippen LogP contribution in [0.3, 0.4) is 0 Å². The van der Waals surface area contributed by atoms with Crippen molar-refractivity contribution in [1.29, 1.82) is 0 Å². The van der Waals surface area contributed by atoms with Gasteiger partial charge in [0.05, 0.1) is 5.69 Å². The maximum Gasteiger partial charge on any atom is 0.349 e. The van der Waals surface area contributed by atoms with Gasteiger partial charge in [0.2, 0.25) is 6.10 Å². The van der Waals surface area contributed by atoms with Crippen LogP contribution < -0.4 is 4.74 Å². The summed E-state index contributed by atoms with van der Waals surface area (Å²) in [6.07, 6.45) is 12.2. The monoisotopic (exact) mass is 584 g/mol. The summed E-state index contributed by atoms with van der Waals surface area (Å²) in [7, 11) is 0. The zero-order valence-corrected chi connectivity index (χ0v) is 24.3. The highest BCUT2D eigenvalue weighted by atomic mass is 35.5. The molecule has 0 aliphatic carbocycles. The first-order valence-electron chi connectivity index (χ1n) is 13.1. The standard InChI is InChI=1S/C34H30Cl2N2O3/c1-3-38-23-30(11-7-10-29(36)22-24(2)35)37-32(38)21-14-25-12-15-26(16-13-25)27-17-19-31(20-18-27)41-33(34(39)40)28-8-5-4-6-9-28/h4-23,33H,3H2,1-2H3,(H,39,40)/b11-7+,21-14+,24-22+,29-10+. The third-order valence-corrected chi connectivity index (χ3v) is 6.47. The summed E-state index contributed by atoms with van der Waals surface area (Å²) in [5.74, 6) is 0.311. The molecule has 0 saturated carbocycles. The van der Waals surface area contributed by atoms with Gasteiger partial charge in [-0.3, -0.25) is 0 Å². The van der Waals surface area contributed by atoms with E-state index in [0.29, 0.717) is 21.4 Å². The number of nitrogens with zero attached hydrogens (tertiary/aromatic N) is 2. The van der Waals surface area contributed by atoms with Crippen LogP contribution >= 0.6 is 23.2 Å². The summed E-state index contributed by atoms with van der Waals surface area (Å²) in [5.41, 5.74) is 4.51. The summed E-state index contributed by atoms with van der Waals surface area (Å²) >= 11 is 12.0. The zero-order chi connectivity index (χ0) is 29.2. The van der Waals surface area contributed by atoms with Crippen LogP contribution in [0.1, 0.15) is 42.6 Å². The van der Waals surface area contributed by atoms with E-state index in [1.54, 1.807) is 55.5 Å².